The van der Waals surface area contributed by atoms with E-state index in [1.54, 1.807) is 0 Å². The summed E-state index contributed by atoms with van der Waals surface area (Å²) >= 11 is 0. The first-order chi connectivity index (χ1) is 21.2. The molecular formula is C22H22N8Na2O14S2. The van der Waals surface area contributed by atoms with E-state index in [-0.39, 0.29) is 72.0 Å². The van der Waals surface area contributed by atoms with Crippen molar-refractivity contribution in [2.45, 2.75) is 72.1 Å². The van der Waals surface area contributed by atoms with Crippen LogP contribution in [0.15, 0.2) is 12.4 Å². The SMILES string of the molecule is C[C@]1(Cn2cc(C(=O)O)nn2)[C@H](C(=O)[O-])N2C(=O)C[C@H]2S1(=O)=O.C[C@]1(Cn2cc(C(=O)O)nn2)[C@H](C(=O)[O-])N2C(=O)C[C@H]2S1(=O)=O.[Na+].[Na+]. The number of rotatable bonds is 8. The molecule has 6 rings (SSSR count). The van der Waals surface area contributed by atoms with Crippen LogP contribution in [0.5, 0.6) is 0 Å². The molecule has 6 atom stereocenters. The van der Waals surface area contributed by atoms with E-state index in [4.69, 9.17) is 10.2 Å². The summed E-state index contributed by atoms with van der Waals surface area (Å²) in [5, 5.41) is 51.8. The summed E-state index contributed by atoms with van der Waals surface area (Å²) in [4.78, 5) is 69.3. The molecular weight excluding hydrogens is 710 g/mol. The van der Waals surface area contributed by atoms with Crippen LogP contribution in [0.2, 0.25) is 0 Å². The van der Waals surface area contributed by atoms with Gasteiger partial charge in [-0.15, -0.1) is 10.2 Å². The molecule has 22 nitrogen and oxygen atoms in total. The summed E-state index contributed by atoms with van der Waals surface area (Å²) in [6, 6.07) is -3.34. The van der Waals surface area contributed by atoms with Gasteiger partial charge in [0.2, 0.25) is 11.8 Å². The number of carboxylic acids is 4. The van der Waals surface area contributed by atoms with Crippen LogP contribution in [-0.4, -0.2) is 135 Å². The van der Waals surface area contributed by atoms with E-state index in [2.05, 4.69) is 20.6 Å². The number of fused-ring (bicyclic) bond motifs is 2. The molecule has 6 heterocycles. The molecule has 26 heteroatoms. The maximum atomic E-state index is 12.6. The van der Waals surface area contributed by atoms with Gasteiger partial charge in [0.05, 0.1) is 62.3 Å². The van der Waals surface area contributed by atoms with Crippen LogP contribution in [0.25, 0.3) is 0 Å². The molecule has 248 valence electrons. The molecule has 48 heavy (non-hydrogen) atoms. The van der Waals surface area contributed by atoms with Gasteiger partial charge in [-0.1, -0.05) is 10.4 Å². The molecule has 0 unspecified atom stereocenters. The predicted molar refractivity (Wildman–Crippen MR) is 137 cm³/mol. The number of carbonyl (C=O) groups is 6. The number of carbonyl (C=O) groups excluding carboxylic acids is 4. The fourth-order valence-corrected chi connectivity index (χ4v) is 10.8. The Morgan fingerprint density at radius 2 is 1.06 bits per heavy atom. The van der Waals surface area contributed by atoms with Gasteiger partial charge in [-0.3, -0.25) is 9.59 Å². The second kappa shape index (κ2) is 13.0. The van der Waals surface area contributed by atoms with Crippen LogP contribution in [0, 0.1) is 0 Å². The van der Waals surface area contributed by atoms with Crippen LogP contribution in [0.3, 0.4) is 0 Å². The zero-order valence-corrected chi connectivity index (χ0v) is 31.1. The van der Waals surface area contributed by atoms with Crippen molar-refractivity contribution < 1.29 is 125 Å². The molecule has 0 radical (unpaired) electrons. The number of hydrogen-bond donors (Lipinski definition) is 2. The third kappa shape index (κ3) is 5.74. The molecule has 2 aromatic rings. The second-order valence-corrected chi connectivity index (χ2v) is 16.4. The normalized spacial score (nSPS) is 30.2. The zero-order chi connectivity index (χ0) is 34.3. The summed E-state index contributed by atoms with van der Waals surface area (Å²) in [7, 11) is -8.03. The second-order valence-electron chi connectivity index (χ2n) is 11.3. The van der Waals surface area contributed by atoms with Crippen molar-refractivity contribution in [1.82, 2.24) is 39.8 Å². The number of amides is 2. The number of sulfone groups is 2. The summed E-state index contributed by atoms with van der Waals surface area (Å²) in [6.07, 6.45) is 1.43. The third-order valence-electron chi connectivity index (χ3n) is 8.54. The monoisotopic (exact) mass is 732 g/mol. The van der Waals surface area contributed by atoms with Crippen molar-refractivity contribution in [2.24, 2.45) is 0 Å². The van der Waals surface area contributed by atoms with E-state index in [0.29, 0.717) is 0 Å². The van der Waals surface area contributed by atoms with Crippen molar-refractivity contribution in [2.75, 3.05) is 0 Å². The summed E-state index contributed by atoms with van der Waals surface area (Å²) in [5.41, 5.74) is -0.818. The maximum Gasteiger partial charge on any atom is 1.00 e. The minimum Gasteiger partial charge on any atom is -0.548 e. The summed E-state index contributed by atoms with van der Waals surface area (Å²) in [6.45, 7) is 1.43. The van der Waals surface area contributed by atoms with Gasteiger partial charge in [-0.05, 0) is 13.8 Å². The van der Waals surface area contributed by atoms with Crippen LogP contribution >= 0.6 is 0 Å². The molecule has 4 aliphatic heterocycles. The Hall–Kier alpha value is -3.00. The van der Waals surface area contributed by atoms with Gasteiger partial charge in [0.15, 0.2) is 31.1 Å². The predicted octanol–water partition coefficient (Wildman–Crippen LogP) is -12.3. The van der Waals surface area contributed by atoms with Crippen molar-refractivity contribution in [3.8, 4) is 0 Å². The van der Waals surface area contributed by atoms with E-state index < -0.39 is 112 Å². The standard InChI is InChI=1S/2C11H12N4O7S.2Na/c2*1-11(4-14-3-5(9(17)18)12-13-14)8(10(19)20)15-6(16)2-7(15)23(11,21)22;;/h2*3,7-8H,2,4H2,1H3,(H,17,18)(H,19,20);;/q;;2*+1/p-2/t2*7-,8+,11+;;/m11../s1. The minimum atomic E-state index is -4.02. The molecule has 4 saturated heterocycles. The molecule has 4 fully saturated rings. The Bertz CT molecular complexity index is 1810. The van der Waals surface area contributed by atoms with Crippen molar-refractivity contribution in [3.63, 3.8) is 0 Å². The molecule has 2 amide bonds. The number of aliphatic carboxylic acids is 2. The Balaban J connectivity index is 0.000000250. The molecule has 4 aliphatic rings. The smallest absolute Gasteiger partial charge is 0.548 e. The first-order valence-corrected chi connectivity index (χ1v) is 16.1. The topological polar surface area (TPSA) is 325 Å². The number of β-lactam (4-membered cyclic amide) rings is 2. The molecule has 2 aromatic heterocycles. The third-order valence-corrected chi connectivity index (χ3v) is 14.1. The first kappa shape index (κ1) is 39.4. The van der Waals surface area contributed by atoms with Gasteiger partial charge in [0.25, 0.3) is 0 Å². The molecule has 0 aliphatic carbocycles. The summed E-state index contributed by atoms with van der Waals surface area (Å²) in [5.74, 6) is -7.25. The average molecular weight is 733 g/mol. The van der Waals surface area contributed by atoms with Gasteiger partial charge >= 0.3 is 71.1 Å². The van der Waals surface area contributed by atoms with E-state index in [1.165, 1.54) is 13.8 Å². The number of hydrogen-bond acceptors (Lipinski definition) is 16. The molecule has 0 bridgehead atoms. The van der Waals surface area contributed by atoms with Gasteiger partial charge in [0, 0.05) is 0 Å². The number of nitrogens with zero attached hydrogens (tertiary/aromatic N) is 8. The molecule has 2 N–H and O–H groups in total. The van der Waals surface area contributed by atoms with Crippen LogP contribution < -0.4 is 69.3 Å². The quantitative estimate of drug-likeness (QED) is 0.188. The van der Waals surface area contributed by atoms with Crippen molar-refractivity contribution >= 4 is 55.4 Å². The van der Waals surface area contributed by atoms with E-state index in [1.807, 2.05) is 0 Å². The minimum absolute atomic E-state index is 0. The zero-order valence-electron chi connectivity index (χ0n) is 25.5. The van der Waals surface area contributed by atoms with Crippen molar-refractivity contribution in [1.29, 1.82) is 0 Å². The Labute approximate surface area is 313 Å². The number of aromatic nitrogens is 6. The maximum absolute atomic E-state index is 12.6. The Morgan fingerprint density at radius 1 is 0.750 bits per heavy atom. The molecule has 0 spiro atoms. The average Bonchev–Trinajstić information content (AvgIpc) is 3.65. The fourth-order valence-electron chi connectivity index (χ4n) is 6.13. The van der Waals surface area contributed by atoms with E-state index >= 15 is 0 Å². The van der Waals surface area contributed by atoms with Gasteiger partial charge < -0.3 is 39.8 Å². The van der Waals surface area contributed by atoms with E-state index in [9.17, 15) is 55.8 Å². The fraction of sp³-hybridized carbons (Fsp3) is 0.545. The molecule has 0 aromatic carbocycles. The number of carboxylic acid groups (broad SMARTS) is 4. The van der Waals surface area contributed by atoms with E-state index in [0.717, 1.165) is 31.6 Å². The Kier molecular flexibility index (Phi) is 10.7. The van der Waals surface area contributed by atoms with Crippen LogP contribution in [0.4, 0.5) is 0 Å². The number of aromatic carboxylic acids is 2. The molecule has 0 saturated carbocycles. The van der Waals surface area contributed by atoms with Gasteiger partial charge in [-0.2, -0.15) is 0 Å². The van der Waals surface area contributed by atoms with Crippen molar-refractivity contribution in [3.05, 3.63) is 23.8 Å². The first-order valence-electron chi connectivity index (χ1n) is 13.0. The largest absolute Gasteiger partial charge is 1.00 e. The van der Waals surface area contributed by atoms with Gasteiger partial charge in [-0.25, -0.2) is 35.8 Å². The van der Waals surface area contributed by atoms with Crippen LogP contribution in [0.1, 0.15) is 47.7 Å². The summed E-state index contributed by atoms with van der Waals surface area (Å²) < 4.78 is 48.6. The van der Waals surface area contributed by atoms with Gasteiger partial charge in [0.1, 0.15) is 20.2 Å². The Morgan fingerprint density at radius 3 is 1.29 bits per heavy atom. The van der Waals surface area contributed by atoms with Crippen LogP contribution in [-0.2, 0) is 51.9 Å².